The Balaban J connectivity index is 2.80. The van der Waals surface area contributed by atoms with Crippen molar-refractivity contribution in [3.63, 3.8) is 0 Å². The third-order valence-electron chi connectivity index (χ3n) is 3.21. The summed E-state index contributed by atoms with van der Waals surface area (Å²) in [6.07, 6.45) is 3.45. The molecule has 3 nitrogen and oxygen atoms in total. The molecule has 0 radical (unpaired) electrons. The maximum Gasteiger partial charge on any atom is 0.304 e. The first-order valence-corrected chi connectivity index (χ1v) is 6.91. The lowest BCUT2D eigenvalue weighted by Crippen LogP contribution is -2.22. The number of benzene rings is 1. The van der Waals surface area contributed by atoms with Crippen LogP contribution < -0.4 is 4.74 Å². The van der Waals surface area contributed by atoms with Gasteiger partial charge in [0.2, 0.25) is 0 Å². The van der Waals surface area contributed by atoms with Crippen LogP contribution >= 0.6 is 0 Å². The lowest BCUT2D eigenvalue weighted by Gasteiger charge is -2.25. The molecule has 0 heterocycles. The number of hydrogen-bond acceptors (Lipinski definition) is 2. The summed E-state index contributed by atoms with van der Waals surface area (Å²) in [7, 11) is 0. The van der Waals surface area contributed by atoms with Crippen molar-refractivity contribution in [3.05, 3.63) is 29.8 Å². The smallest absolute Gasteiger partial charge is 0.304 e. The summed E-state index contributed by atoms with van der Waals surface area (Å²) < 4.78 is 5.81. The van der Waals surface area contributed by atoms with E-state index in [0.717, 1.165) is 30.6 Å². The van der Waals surface area contributed by atoms with E-state index >= 15 is 0 Å². The number of para-hydroxylation sites is 1. The summed E-state index contributed by atoms with van der Waals surface area (Å²) in [5.74, 6) is 0.0237. The second-order valence-corrected chi connectivity index (χ2v) is 5.51. The van der Waals surface area contributed by atoms with Gasteiger partial charge in [0.25, 0.3) is 0 Å². The topological polar surface area (TPSA) is 46.5 Å². The third-order valence-corrected chi connectivity index (χ3v) is 3.21. The standard InChI is InChI=1S/C16H24O3/c1-4-5-8-11-19-14-10-7-6-9-13(14)16(2,3)12-15(17)18/h6-7,9-10H,4-5,8,11-12H2,1-3H3,(H,17,18). The molecule has 0 aliphatic rings. The summed E-state index contributed by atoms with van der Waals surface area (Å²) in [5, 5.41) is 9.01. The van der Waals surface area contributed by atoms with Crippen LogP contribution in [0.5, 0.6) is 5.75 Å². The summed E-state index contributed by atoms with van der Waals surface area (Å²) in [4.78, 5) is 11.0. The third kappa shape index (κ3) is 4.93. The Bertz CT molecular complexity index is 410. The quantitative estimate of drug-likeness (QED) is 0.722. The van der Waals surface area contributed by atoms with Gasteiger partial charge in [-0.1, -0.05) is 51.8 Å². The molecule has 0 atom stereocenters. The van der Waals surface area contributed by atoms with Gasteiger partial charge in [-0.3, -0.25) is 4.79 Å². The monoisotopic (exact) mass is 264 g/mol. The molecule has 0 aromatic heterocycles. The van der Waals surface area contributed by atoms with E-state index in [9.17, 15) is 4.79 Å². The minimum atomic E-state index is -0.786. The SMILES string of the molecule is CCCCCOc1ccccc1C(C)(C)CC(=O)O. The van der Waals surface area contributed by atoms with Crippen LogP contribution in [0.2, 0.25) is 0 Å². The van der Waals surface area contributed by atoms with E-state index in [4.69, 9.17) is 9.84 Å². The molecule has 0 saturated heterocycles. The number of ether oxygens (including phenoxy) is 1. The van der Waals surface area contributed by atoms with Gasteiger partial charge >= 0.3 is 5.97 Å². The number of carboxylic acid groups (broad SMARTS) is 1. The minimum Gasteiger partial charge on any atom is -0.493 e. The largest absolute Gasteiger partial charge is 0.493 e. The summed E-state index contributed by atoms with van der Waals surface area (Å²) in [6, 6.07) is 7.73. The molecule has 1 aromatic carbocycles. The highest BCUT2D eigenvalue weighted by Gasteiger charge is 2.27. The normalized spacial score (nSPS) is 11.3. The van der Waals surface area contributed by atoms with E-state index in [0.29, 0.717) is 6.61 Å². The first-order chi connectivity index (χ1) is 8.97. The molecule has 1 N–H and O–H groups in total. The lowest BCUT2D eigenvalue weighted by atomic mass is 9.81. The molecule has 0 amide bonds. The highest BCUT2D eigenvalue weighted by atomic mass is 16.5. The molecular formula is C16H24O3. The molecule has 0 aliphatic heterocycles. The maximum atomic E-state index is 11.0. The summed E-state index contributed by atoms with van der Waals surface area (Å²) >= 11 is 0. The van der Waals surface area contributed by atoms with E-state index in [1.807, 2.05) is 38.1 Å². The highest BCUT2D eigenvalue weighted by molar-refractivity contribution is 5.69. The molecule has 1 aromatic rings. The van der Waals surface area contributed by atoms with Gasteiger partial charge in [-0.15, -0.1) is 0 Å². The average molecular weight is 264 g/mol. The van der Waals surface area contributed by atoms with Gasteiger partial charge in [-0.2, -0.15) is 0 Å². The number of rotatable bonds is 8. The van der Waals surface area contributed by atoms with E-state index < -0.39 is 11.4 Å². The summed E-state index contributed by atoms with van der Waals surface area (Å²) in [5.41, 5.74) is 0.543. The Hall–Kier alpha value is -1.51. The Morgan fingerprint density at radius 3 is 2.58 bits per heavy atom. The second-order valence-electron chi connectivity index (χ2n) is 5.51. The predicted octanol–water partition coefficient (Wildman–Crippen LogP) is 4.01. The van der Waals surface area contributed by atoms with Crippen LogP contribution in [0.1, 0.15) is 52.0 Å². The fourth-order valence-electron chi connectivity index (χ4n) is 2.16. The predicted molar refractivity (Wildman–Crippen MR) is 76.7 cm³/mol. The molecule has 0 fully saturated rings. The van der Waals surface area contributed by atoms with E-state index in [1.54, 1.807) is 0 Å². The zero-order chi connectivity index (χ0) is 14.3. The number of unbranched alkanes of at least 4 members (excludes halogenated alkanes) is 2. The second kappa shape index (κ2) is 7.17. The molecule has 0 bridgehead atoms. The van der Waals surface area contributed by atoms with Gasteiger partial charge in [0.15, 0.2) is 0 Å². The number of hydrogen-bond donors (Lipinski definition) is 1. The molecule has 19 heavy (non-hydrogen) atoms. The molecule has 0 unspecified atom stereocenters. The van der Waals surface area contributed by atoms with Crippen LogP contribution in [-0.2, 0) is 10.2 Å². The van der Waals surface area contributed by atoms with Crippen LogP contribution in [0.4, 0.5) is 0 Å². The Morgan fingerprint density at radius 1 is 1.26 bits per heavy atom. The molecule has 106 valence electrons. The van der Waals surface area contributed by atoms with Gasteiger partial charge in [0, 0.05) is 11.0 Å². The number of aliphatic carboxylic acids is 1. The van der Waals surface area contributed by atoms with Crippen molar-refractivity contribution < 1.29 is 14.6 Å². The Labute approximate surface area is 115 Å². The van der Waals surface area contributed by atoms with Crippen LogP contribution in [0.15, 0.2) is 24.3 Å². The maximum absolute atomic E-state index is 11.0. The number of carboxylic acids is 1. The lowest BCUT2D eigenvalue weighted by molar-refractivity contribution is -0.138. The molecule has 0 aliphatic carbocycles. The van der Waals surface area contributed by atoms with Crippen molar-refractivity contribution in [3.8, 4) is 5.75 Å². The number of carbonyl (C=O) groups is 1. The van der Waals surface area contributed by atoms with Gasteiger partial charge in [0.1, 0.15) is 5.75 Å². The van der Waals surface area contributed by atoms with E-state index in [-0.39, 0.29) is 6.42 Å². The fourth-order valence-corrected chi connectivity index (χ4v) is 2.16. The van der Waals surface area contributed by atoms with Crippen molar-refractivity contribution >= 4 is 5.97 Å². The Morgan fingerprint density at radius 2 is 1.95 bits per heavy atom. The molecular weight excluding hydrogens is 240 g/mol. The van der Waals surface area contributed by atoms with Crippen molar-refractivity contribution in [1.29, 1.82) is 0 Å². The van der Waals surface area contributed by atoms with Crippen LogP contribution in [0, 0.1) is 0 Å². The van der Waals surface area contributed by atoms with Gasteiger partial charge in [-0.05, 0) is 12.5 Å². The Kier molecular flexibility index (Phi) is 5.87. The van der Waals surface area contributed by atoms with Crippen LogP contribution in [0.3, 0.4) is 0 Å². The van der Waals surface area contributed by atoms with Crippen LogP contribution in [-0.4, -0.2) is 17.7 Å². The molecule has 0 saturated carbocycles. The van der Waals surface area contributed by atoms with Crippen LogP contribution in [0.25, 0.3) is 0 Å². The first kappa shape index (κ1) is 15.5. The van der Waals surface area contributed by atoms with Crippen molar-refractivity contribution in [2.24, 2.45) is 0 Å². The molecule has 1 rings (SSSR count). The first-order valence-electron chi connectivity index (χ1n) is 6.91. The summed E-state index contributed by atoms with van der Waals surface area (Å²) in [6.45, 7) is 6.72. The zero-order valence-electron chi connectivity index (χ0n) is 12.1. The fraction of sp³-hybridized carbons (Fsp3) is 0.562. The zero-order valence-corrected chi connectivity index (χ0v) is 12.1. The van der Waals surface area contributed by atoms with Gasteiger partial charge in [0.05, 0.1) is 13.0 Å². The molecule has 0 spiro atoms. The highest BCUT2D eigenvalue weighted by Crippen LogP contribution is 2.34. The van der Waals surface area contributed by atoms with Crippen molar-refractivity contribution in [1.82, 2.24) is 0 Å². The molecule has 3 heteroatoms. The van der Waals surface area contributed by atoms with Crippen molar-refractivity contribution in [2.45, 2.75) is 51.9 Å². The van der Waals surface area contributed by atoms with E-state index in [2.05, 4.69) is 6.92 Å². The van der Waals surface area contributed by atoms with Gasteiger partial charge in [-0.25, -0.2) is 0 Å². The van der Waals surface area contributed by atoms with Gasteiger partial charge < -0.3 is 9.84 Å². The van der Waals surface area contributed by atoms with E-state index in [1.165, 1.54) is 0 Å². The minimum absolute atomic E-state index is 0.0995. The van der Waals surface area contributed by atoms with Crippen molar-refractivity contribution in [2.75, 3.05) is 6.61 Å². The average Bonchev–Trinajstić information content (AvgIpc) is 2.33.